The minimum absolute atomic E-state index is 0.0223. The van der Waals surface area contributed by atoms with Crippen molar-refractivity contribution >= 4 is 33.8 Å². The van der Waals surface area contributed by atoms with Gasteiger partial charge in [0.1, 0.15) is 0 Å². The van der Waals surface area contributed by atoms with Crippen LogP contribution in [0.4, 0.5) is 5.13 Å². The van der Waals surface area contributed by atoms with Crippen molar-refractivity contribution in [3.63, 3.8) is 0 Å². The van der Waals surface area contributed by atoms with Gasteiger partial charge >= 0.3 is 5.97 Å². The van der Waals surface area contributed by atoms with E-state index >= 15 is 0 Å². The first-order chi connectivity index (χ1) is 8.15. The predicted octanol–water partition coefficient (Wildman–Crippen LogP) is 3.00. The fourth-order valence-electron chi connectivity index (χ4n) is 1.40. The molecule has 17 heavy (non-hydrogen) atoms. The van der Waals surface area contributed by atoms with Gasteiger partial charge in [-0.2, -0.15) is 0 Å². The molecular weight excluding hydrogens is 256 g/mol. The van der Waals surface area contributed by atoms with E-state index in [0.717, 1.165) is 5.13 Å². The van der Waals surface area contributed by atoms with Crippen molar-refractivity contribution < 1.29 is 9.90 Å². The number of carboxylic acid groups (broad SMARTS) is 1. The van der Waals surface area contributed by atoms with Gasteiger partial charge in [0, 0.05) is 10.3 Å². The molecule has 0 amide bonds. The van der Waals surface area contributed by atoms with E-state index in [9.17, 15) is 4.79 Å². The van der Waals surface area contributed by atoms with Gasteiger partial charge in [0.25, 0.3) is 0 Å². The Kier molecular flexibility index (Phi) is 3.75. The van der Waals surface area contributed by atoms with Gasteiger partial charge in [-0.3, -0.25) is 4.79 Å². The number of rotatable bonds is 5. The first-order valence-corrected chi connectivity index (χ1v) is 6.87. The quantitative estimate of drug-likeness (QED) is 0.875. The Morgan fingerprint density at radius 2 is 2.41 bits per heavy atom. The van der Waals surface area contributed by atoms with Crippen LogP contribution in [-0.2, 0) is 11.2 Å². The number of hydrogen-bond donors (Lipinski definition) is 2. The molecule has 0 saturated carbocycles. The number of aromatic nitrogens is 1. The maximum absolute atomic E-state index is 10.5. The van der Waals surface area contributed by atoms with E-state index in [4.69, 9.17) is 5.11 Å². The molecule has 0 fully saturated rings. The van der Waals surface area contributed by atoms with Crippen LogP contribution in [0.25, 0.3) is 0 Å². The average molecular weight is 268 g/mol. The summed E-state index contributed by atoms with van der Waals surface area (Å²) >= 11 is 3.12. The maximum atomic E-state index is 10.5. The lowest BCUT2D eigenvalue weighted by atomic mass is 10.3. The Hall–Kier alpha value is -1.40. The zero-order valence-electron chi connectivity index (χ0n) is 9.21. The Balaban J connectivity index is 1.99. The highest BCUT2D eigenvalue weighted by Gasteiger charge is 2.10. The summed E-state index contributed by atoms with van der Waals surface area (Å²) in [5.41, 5.74) is 0.600. The number of thiophene rings is 1. The molecule has 90 valence electrons. The molecule has 0 bridgehead atoms. The van der Waals surface area contributed by atoms with Gasteiger partial charge in [-0.05, 0) is 18.4 Å². The van der Waals surface area contributed by atoms with E-state index in [0.29, 0.717) is 5.69 Å². The normalized spacial score (nSPS) is 12.3. The molecule has 0 aliphatic carbocycles. The van der Waals surface area contributed by atoms with E-state index < -0.39 is 5.97 Å². The molecule has 4 nitrogen and oxygen atoms in total. The van der Waals surface area contributed by atoms with Crippen LogP contribution in [0, 0.1) is 0 Å². The van der Waals surface area contributed by atoms with Crippen molar-refractivity contribution in [2.75, 3.05) is 5.32 Å². The SMILES string of the molecule is CC(Nc1nc(CC(=O)O)cs1)c1cccs1. The van der Waals surface area contributed by atoms with Crippen LogP contribution in [0.2, 0.25) is 0 Å². The van der Waals surface area contributed by atoms with E-state index in [2.05, 4.69) is 23.3 Å². The van der Waals surface area contributed by atoms with E-state index in [1.165, 1.54) is 16.2 Å². The fraction of sp³-hybridized carbons (Fsp3) is 0.273. The Morgan fingerprint density at radius 3 is 3.06 bits per heavy atom. The molecule has 0 aliphatic rings. The third-order valence-corrected chi connectivity index (χ3v) is 4.07. The van der Waals surface area contributed by atoms with Crippen LogP contribution in [0.3, 0.4) is 0 Å². The molecule has 1 unspecified atom stereocenters. The summed E-state index contributed by atoms with van der Waals surface area (Å²) in [6, 6.07) is 4.27. The number of carboxylic acids is 1. The number of nitrogens with one attached hydrogen (secondary N) is 1. The minimum atomic E-state index is -0.854. The number of thiazole rings is 1. The van der Waals surface area contributed by atoms with Crippen LogP contribution in [0.1, 0.15) is 23.5 Å². The fourth-order valence-corrected chi connectivity index (χ4v) is 2.94. The van der Waals surface area contributed by atoms with Gasteiger partial charge in [0.2, 0.25) is 0 Å². The van der Waals surface area contributed by atoms with Crippen LogP contribution >= 0.6 is 22.7 Å². The second-order valence-corrected chi connectivity index (χ2v) is 5.43. The zero-order chi connectivity index (χ0) is 12.3. The van der Waals surface area contributed by atoms with Gasteiger partial charge in [-0.15, -0.1) is 22.7 Å². The summed E-state index contributed by atoms with van der Waals surface area (Å²) in [4.78, 5) is 16.0. The lowest BCUT2D eigenvalue weighted by Crippen LogP contribution is -2.05. The van der Waals surface area contributed by atoms with Crippen LogP contribution in [0.5, 0.6) is 0 Å². The summed E-state index contributed by atoms with van der Waals surface area (Å²) < 4.78 is 0. The molecule has 2 aromatic heterocycles. The average Bonchev–Trinajstić information content (AvgIpc) is 2.87. The number of nitrogens with zero attached hydrogens (tertiary/aromatic N) is 1. The van der Waals surface area contributed by atoms with Gasteiger partial charge in [-0.25, -0.2) is 4.98 Å². The van der Waals surface area contributed by atoms with Crippen LogP contribution in [-0.4, -0.2) is 16.1 Å². The Labute approximate surface area is 107 Å². The summed E-state index contributed by atoms with van der Waals surface area (Å²) in [6.45, 7) is 2.06. The van der Waals surface area contributed by atoms with Crippen molar-refractivity contribution in [3.8, 4) is 0 Å². The van der Waals surface area contributed by atoms with Gasteiger partial charge in [-0.1, -0.05) is 6.07 Å². The second-order valence-electron chi connectivity index (χ2n) is 3.60. The van der Waals surface area contributed by atoms with Crippen molar-refractivity contribution in [3.05, 3.63) is 33.5 Å². The molecule has 0 saturated heterocycles. The summed E-state index contributed by atoms with van der Waals surface area (Å²) in [6.07, 6.45) is -0.0223. The van der Waals surface area contributed by atoms with Crippen molar-refractivity contribution in [1.82, 2.24) is 4.98 Å². The number of anilines is 1. The van der Waals surface area contributed by atoms with Crippen LogP contribution in [0.15, 0.2) is 22.9 Å². The summed E-state index contributed by atoms with van der Waals surface area (Å²) in [5.74, 6) is -0.854. The van der Waals surface area contributed by atoms with Gasteiger partial charge < -0.3 is 10.4 Å². The van der Waals surface area contributed by atoms with E-state index in [1.807, 2.05) is 11.4 Å². The van der Waals surface area contributed by atoms with Gasteiger partial charge in [0.15, 0.2) is 5.13 Å². The van der Waals surface area contributed by atoms with Crippen molar-refractivity contribution in [1.29, 1.82) is 0 Å². The van der Waals surface area contributed by atoms with E-state index in [-0.39, 0.29) is 12.5 Å². The monoisotopic (exact) mass is 268 g/mol. The lowest BCUT2D eigenvalue weighted by Gasteiger charge is -2.10. The molecule has 0 aliphatic heterocycles. The highest BCUT2D eigenvalue weighted by molar-refractivity contribution is 7.13. The first-order valence-electron chi connectivity index (χ1n) is 5.11. The Morgan fingerprint density at radius 1 is 1.59 bits per heavy atom. The molecule has 2 aromatic rings. The number of carbonyl (C=O) groups is 1. The van der Waals surface area contributed by atoms with Gasteiger partial charge in [0.05, 0.1) is 18.2 Å². The van der Waals surface area contributed by atoms with Crippen molar-refractivity contribution in [2.45, 2.75) is 19.4 Å². The molecule has 1 atom stereocenters. The first kappa shape index (κ1) is 12.1. The molecule has 2 heterocycles. The highest BCUT2D eigenvalue weighted by atomic mass is 32.1. The zero-order valence-corrected chi connectivity index (χ0v) is 10.8. The molecule has 2 N–H and O–H groups in total. The topological polar surface area (TPSA) is 62.2 Å². The number of hydrogen-bond acceptors (Lipinski definition) is 5. The molecule has 2 rings (SSSR count). The standard InChI is InChI=1S/C11H12N2O2S2/c1-7(9-3-2-4-16-9)12-11-13-8(6-17-11)5-10(14)15/h2-4,6-7H,5H2,1H3,(H,12,13)(H,14,15). The largest absolute Gasteiger partial charge is 0.481 e. The molecule has 6 heteroatoms. The number of aliphatic carboxylic acids is 1. The lowest BCUT2D eigenvalue weighted by molar-refractivity contribution is -0.136. The third-order valence-electron chi connectivity index (χ3n) is 2.19. The predicted molar refractivity (Wildman–Crippen MR) is 69.8 cm³/mol. The highest BCUT2D eigenvalue weighted by Crippen LogP contribution is 2.25. The molecular formula is C11H12N2O2S2. The van der Waals surface area contributed by atoms with Crippen LogP contribution < -0.4 is 5.32 Å². The summed E-state index contributed by atoms with van der Waals surface area (Å²) in [7, 11) is 0. The second kappa shape index (κ2) is 5.29. The van der Waals surface area contributed by atoms with E-state index in [1.54, 1.807) is 16.7 Å². The smallest absolute Gasteiger partial charge is 0.309 e. The minimum Gasteiger partial charge on any atom is -0.481 e. The molecule has 0 spiro atoms. The molecule has 0 radical (unpaired) electrons. The van der Waals surface area contributed by atoms with Crippen molar-refractivity contribution in [2.24, 2.45) is 0 Å². The Bertz CT molecular complexity index is 493. The summed E-state index contributed by atoms with van der Waals surface area (Å²) in [5, 5.41) is 16.5. The third kappa shape index (κ3) is 3.28. The molecule has 0 aromatic carbocycles. The maximum Gasteiger partial charge on any atom is 0.309 e.